The van der Waals surface area contributed by atoms with Crippen LogP contribution >= 0.6 is 0 Å². The predicted molar refractivity (Wildman–Crippen MR) is 122 cm³/mol. The minimum absolute atomic E-state index is 0.486. The first-order chi connectivity index (χ1) is 15.8. The summed E-state index contributed by atoms with van der Waals surface area (Å²) in [4.78, 5) is 0. The van der Waals surface area contributed by atoms with Crippen LogP contribution in [0.25, 0.3) is 0 Å². The lowest BCUT2D eigenvalue weighted by molar-refractivity contribution is -0.0141. The van der Waals surface area contributed by atoms with Gasteiger partial charge >= 0.3 is 0 Å². The lowest BCUT2D eigenvalue weighted by atomic mass is 10.3. The van der Waals surface area contributed by atoms with E-state index in [1.807, 2.05) is 42.5 Å². The van der Waals surface area contributed by atoms with Gasteiger partial charge in [0.25, 0.3) is 0 Å². The molecule has 178 valence electrons. The molecular weight excluding hydrogens is 414 g/mol. The van der Waals surface area contributed by atoms with Gasteiger partial charge in [-0.1, -0.05) is 18.2 Å². The van der Waals surface area contributed by atoms with Crippen LogP contribution in [0.1, 0.15) is 0 Å². The highest BCUT2D eigenvalue weighted by Gasteiger charge is 1.96. The highest BCUT2D eigenvalue weighted by molar-refractivity contribution is 5.41. The maximum Gasteiger partial charge on any atom is 0.119 e. The smallest absolute Gasteiger partial charge is 0.119 e. The fourth-order valence-corrected chi connectivity index (χ4v) is 2.50. The molecule has 2 aromatic carbocycles. The normalized spacial score (nSPS) is 10.9. The largest absolute Gasteiger partial charge is 0.491 e. The molecule has 0 aliphatic carbocycles. The number of nitrogen functional groups attached to an aromatic ring is 1. The Morgan fingerprint density at radius 1 is 0.406 bits per heavy atom. The van der Waals surface area contributed by atoms with Crippen molar-refractivity contribution in [3.05, 3.63) is 54.6 Å². The second-order valence-electron chi connectivity index (χ2n) is 6.64. The Bertz CT molecular complexity index is 670. The van der Waals surface area contributed by atoms with Crippen LogP contribution in [0, 0.1) is 0 Å². The van der Waals surface area contributed by atoms with Gasteiger partial charge in [-0.25, -0.2) is 0 Å². The van der Waals surface area contributed by atoms with Crippen molar-refractivity contribution in [3.63, 3.8) is 0 Å². The first kappa shape index (κ1) is 25.9. The molecule has 0 fully saturated rings. The third kappa shape index (κ3) is 13.8. The molecule has 32 heavy (non-hydrogen) atoms. The lowest BCUT2D eigenvalue weighted by Gasteiger charge is -2.09. The van der Waals surface area contributed by atoms with E-state index in [1.54, 1.807) is 12.1 Å². The molecule has 0 aromatic heterocycles. The maximum atomic E-state index is 5.62. The number of hydrogen-bond acceptors (Lipinski definition) is 8. The molecule has 2 aromatic rings. The first-order valence-electron chi connectivity index (χ1n) is 10.9. The van der Waals surface area contributed by atoms with E-state index in [-0.39, 0.29) is 0 Å². The fourth-order valence-electron chi connectivity index (χ4n) is 2.50. The van der Waals surface area contributed by atoms with Crippen molar-refractivity contribution in [2.75, 3.05) is 85.0 Å². The SMILES string of the molecule is Nc1ccc(OCCOCCOCCOCCOCCOCCOc2ccccc2)cc1. The van der Waals surface area contributed by atoms with Gasteiger partial charge in [0, 0.05) is 5.69 Å². The molecule has 0 saturated carbocycles. The Kier molecular flexibility index (Phi) is 14.8. The number of anilines is 1. The van der Waals surface area contributed by atoms with Gasteiger partial charge < -0.3 is 38.9 Å². The van der Waals surface area contributed by atoms with Gasteiger partial charge in [0.15, 0.2) is 0 Å². The minimum atomic E-state index is 0.486. The molecule has 8 nitrogen and oxygen atoms in total. The van der Waals surface area contributed by atoms with E-state index in [1.165, 1.54) is 0 Å². The first-order valence-corrected chi connectivity index (χ1v) is 10.9. The molecule has 0 spiro atoms. The van der Waals surface area contributed by atoms with Gasteiger partial charge in [-0.3, -0.25) is 0 Å². The van der Waals surface area contributed by atoms with Gasteiger partial charge in [-0.05, 0) is 36.4 Å². The number of nitrogens with two attached hydrogens (primary N) is 1. The minimum Gasteiger partial charge on any atom is -0.491 e. The molecule has 0 saturated heterocycles. The van der Waals surface area contributed by atoms with Crippen LogP contribution in [0.3, 0.4) is 0 Å². The molecule has 0 bridgehead atoms. The zero-order valence-corrected chi connectivity index (χ0v) is 18.6. The summed E-state index contributed by atoms with van der Waals surface area (Å²) in [6.07, 6.45) is 0. The van der Waals surface area contributed by atoms with Crippen molar-refractivity contribution in [2.24, 2.45) is 0 Å². The van der Waals surface area contributed by atoms with Crippen LogP contribution in [0.4, 0.5) is 5.69 Å². The molecule has 0 unspecified atom stereocenters. The maximum absolute atomic E-state index is 5.62. The molecule has 0 radical (unpaired) electrons. The Morgan fingerprint density at radius 2 is 0.750 bits per heavy atom. The molecule has 0 atom stereocenters. The highest BCUT2D eigenvalue weighted by Crippen LogP contribution is 2.12. The molecular formula is C24H35NO7. The zero-order valence-electron chi connectivity index (χ0n) is 18.6. The van der Waals surface area contributed by atoms with Crippen LogP contribution in [0.15, 0.2) is 54.6 Å². The van der Waals surface area contributed by atoms with E-state index >= 15 is 0 Å². The molecule has 0 aliphatic heterocycles. The Balaban J connectivity index is 1.23. The summed E-state index contributed by atoms with van der Waals surface area (Å²) in [5.74, 6) is 1.63. The quantitative estimate of drug-likeness (QED) is 0.244. The second kappa shape index (κ2) is 18.2. The van der Waals surface area contributed by atoms with Crippen LogP contribution in [-0.4, -0.2) is 79.3 Å². The van der Waals surface area contributed by atoms with Crippen molar-refractivity contribution < 1.29 is 33.2 Å². The number of ether oxygens (including phenoxy) is 7. The molecule has 8 heteroatoms. The summed E-state index contributed by atoms with van der Waals surface area (Å²) in [7, 11) is 0. The number of hydrogen-bond donors (Lipinski definition) is 1. The Hall–Kier alpha value is -2.36. The lowest BCUT2D eigenvalue weighted by Crippen LogP contribution is -2.15. The number of para-hydroxylation sites is 1. The average molecular weight is 450 g/mol. The van der Waals surface area contributed by atoms with Crippen molar-refractivity contribution in [3.8, 4) is 11.5 Å². The predicted octanol–water partition coefficient (Wildman–Crippen LogP) is 2.81. The van der Waals surface area contributed by atoms with E-state index in [9.17, 15) is 0 Å². The second-order valence-corrected chi connectivity index (χ2v) is 6.64. The van der Waals surface area contributed by atoms with Gasteiger partial charge in [0.05, 0.1) is 66.1 Å². The van der Waals surface area contributed by atoms with Gasteiger partial charge in [-0.15, -0.1) is 0 Å². The standard InChI is InChI=1S/C24H35NO7/c25-22-6-8-24(9-7-22)32-21-19-30-17-15-28-13-11-26-10-12-27-14-16-29-18-20-31-23-4-2-1-3-5-23/h1-9H,10-21,25H2. The molecule has 2 N–H and O–H groups in total. The van der Waals surface area contributed by atoms with E-state index in [2.05, 4.69) is 0 Å². The van der Waals surface area contributed by atoms with Gasteiger partial charge in [0.2, 0.25) is 0 Å². The van der Waals surface area contributed by atoms with E-state index in [0.717, 1.165) is 11.5 Å². The highest BCUT2D eigenvalue weighted by atomic mass is 16.6. The van der Waals surface area contributed by atoms with E-state index < -0.39 is 0 Å². The molecule has 0 amide bonds. The average Bonchev–Trinajstić information content (AvgIpc) is 2.82. The summed E-state index contributed by atoms with van der Waals surface area (Å²) < 4.78 is 38.3. The van der Waals surface area contributed by atoms with E-state index in [4.69, 9.17) is 38.9 Å². The zero-order chi connectivity index (χ0) is 22.5. The summed E-state index contributed by atoms with van der Waals surface area (Å²) in [5.41, 5.74) is 6.34. The number of benzene rings is 2. The van der Waals surface area contributed by atoms with E-state index in [0.29, 0.717) is 85.0 Å². The third-order valence-electron chi connectivity index (χ3n) is 4.10. The summed E-state index contributed by atoms with van der Waals surface area (Å²) >= 11 is 0. The third-order valence-corrected chi connectivity index (χ3v) is 4.10. The van der Waals surface area contributed by atoms with Crippen LogP contribution in [0.2, 0.25) is 0 Å². The van der Waals surface area contributed by atoms with Crippen LogP contribution in [0.5, 0.6) is 11.5 Å². The topological polar surface area (TPSA) is 90.6 Å². The Labute approximate surface area is 190 Å². The van der Waals surface area contributed by atoms with Crippen molar-refractivity contribution >= 4 is 5.69 Å². The van der Waals surface area contributed by atoms with Crippen LogP contribution < -0.4 is 15.2 Å². The Morgan fingerprint density at radius 3 is 1.16 bits per heavy atom. The van der Waals surface area contributed by atoms with Crippen molar-refractivity contribution in [1.82, 2.24) is 0 Å². The van der Waals surface area contributed by atoms with Crippen LogP contribution in [-0.2, 0) is 23.7 Å². The van der Waals surface area contributed by atoms with Gasteiger partial charge in [-0.2, -0.15) is 0 Å². The number of rotatable bonds is 20. The molecule has 0 aliphatic rings. The van der Waals surface area contributed by atoms with Crippen molar-refractivity contribution in [1.29, 1.82) is 0 Å². The molecule has 2 rings (SSSR count). The fraction of sp³-hybridized carbons (Fsp3) is 0.500. The monoisotopic (exact) mass is 449 g/mol. The van der Waals surface area contributed by atoms with Crippen molar-refractivity contribution in [2.45, 2.75) is 0 Å². The summed E-state index contributed by atoms with van der Waals surface area (Å²) in [6.45, 7) is 6.26. The van der Waals surface area contributed by atoms with Gasteiger partial charge in [0.1, 0.15) is 24.7 Å². The summed E-state index contributed by atoms with van der Waals surface area (Å²) in [5, 5.41) is 0. The molecule has 0 heterocycles. The summed E-state index contributed by atoms with van der Waals surface area (Å²) in [6, 6.07) is 16.9.